The highest BCUT2D eigenvalue weighted by Gasteiger charge is 2.30. The average Bonchev–Trinajstić information content (AvgIpc) is 2.89. The minimum Gasteiger partial charge on any atom is -0.497 e. The summed E-state index contributed by atoms with van der Waals surface area (Å²) in [6.07, 6.45) is 0.375. The predicted molar refractivity (Wildman–Crippen MR) is 150 cm³/mol. The number of nitrogens with zero attached hydrogens (tertiary/aromatic N) is 1. The van der Waals surface area contributed by atoms with Crippen LogP contribution in [0.25, 0.3) is 0 Å². The molecular formula is C30H35BrN2O4. The maximum Gasteiger partial charge on any atom is 0.261 e. The minimum absolute atomic E-state index is 0.0113. The molecule has 7 heteroatoms. The van der Waals surface area contributed by atoms with Gasteiger partial charge in [0.2, 0.25) is 5.91 Å². The lowest BCUT2D eigenvalue weighted by Crippen LogP contribution is -2.51. The average molecular weight is 568 g/mol. The highest BCUT2D eigenvalue weighted by molar-refractivity contribution is 9.10. The first kappa shape index (κ1) is 28.3. The van der Waals surface area contributed by atoms with Crippen LogP contribution in [0, 0.1) is 0 Å². The number of carbonyl (C=O) groups is 2. The van der Waals surface area contributed by atoms with Gasteiger partial charge in [-0.3, -0.25) is 9.59 Å². The Balaban J connectivity index is 1.89. The zero-order valence-corrected chi connectivity index (χ0v) is 23.7. The van der Waals surface area contributed by atoms with Crippen LogP contribution in [0.4, 0.5) is 0 Å². The van der Waals surface area contributed by atoms with Crippen LogP contribution in [0.15, 0.2) is 77.3 Å². The molecule has 3 aromatic rings. The summed E-state index contributed by atoms with van der Waals surface area (Å²) in [4.78, 5) is 28.3. The second-order valence-corrected chi connectivity index (χ2v) is 10.7. The molecule has 6 nitrogen and oxygen atoms in total. The molecule has 1 N–H and O–H groups in total. The van der Waals surface area contributed by atoms with Crippen molar-refractivity contribution >= 4 is 27.7 Å². The van der Waals surface area contributed by atoms with Crippen LogP contribution in [0.3, 0.4) is 0 Å². The molecule has 3 rings (SSSR count). The minimum atomic E-state index is -0.721. The quantitative estimate of drug-likeness (QED) is 0.351. The Kier molecular flexibility index (Phi) is 9.75. The molecule has 0 radical (unpaired) electrons. The number of carbonyl (C=O) groups excluding carboxylic acids is 2. The summed E-state index contributed by atoms with van der Waals surface area (Å²) in [5, 5.41) is 2.73. The third-order valence-electron chi connectivity index (χ3n) is 6.15. The molecular weight excluding hydrogens is 532 g/mol. The molecule has 196 valence electrons. The van der Waals surface area contributed by atoms with Gasteiger partial charge >= 0.3 is 0 Å². The van der Waals surface area contributed by atoms with Crippen LogP contribution in [0.2, 0.25) is 0 Å². The van der Waals surface area contributed by atoms with Crippen LogP contribution < -0.4 is 14.8 Å². The van der Waals surface area contributed by atoms with Crippen molar-refractivity contribution in [3.63, 3.8) is 0 Å². The number of ether oxygens (including phenoxy) is 2. The second-order valence-electron chi connectivity index (χ2n) is 9.88. The largest absolute Gasteiger partial charge is 0.497 e. The van der Waals surface area contributed by atoms with Crippen molar-refractivity contribution in [3.8, 4) is 11.5 Å². The molecule has 0 spiro atoms. The number of hydrogen-bond acceptors (Lipinski definition) is 4. The van der Waals surface area contributed by atoms with Crippen LogP contribution >= 0.6 is 15.9 Å². The normalized spacial score (nSPS) is 11.9. The molecule has 0 bridgehead atoms. The lowest BCUT2D eigenvalue weighted by Gasteiger charge is -2.31. The molecule has 2 amide bonds. The van der Waals surface area contributed by atoms with Crippen molar-refractivity contribution in [3.05, 3.63) is 94.0 Å². The molecule has 0 aliphatic rings. The number of benzene rings is 3. The third kappa shape index (κ3) is 7.83. The summed E-state index contributed by atoms with van der Waals surface area (Å²) in [5.41, 5.74) is 2.95. The molecule has 0 aliphatic heterocycles. The van der Waals surface area contributed by atoms with Crippen molar-refractivity contribution in [2.24, 2.45) is 0 Å². The van der Waals surface area contributed by atoms with Crippen LogP contribution in [0.1, 0.15) is 37.5 Å². The van der Waals surface area contributed by atoms with Crippen molar-refractivity contribution in [2.45, 2.75) is 45.2 Å². The molecule has 0 aliphatic carbocycles. The molecule has 0 saturated heterocycles. The number of halogens is 1. The van der Waals surface area contributed by atoms with Gasteiger partial charge in [0.1, 0.15) is 17.5 Å². The fourth-order valence-corrected chi connectivity index (χ4v) is 4.49. The van der Waals surface area contributed by atoms with Gasteiger partial charge in [0.25, 0.3) is 5.91 Å². The van der Waals surface area contributed by atoms with E-state index in [1.165, 1.54) is 0 Å². The van der Waals surface area contributed by atoms with E-state index in [0.717, 1.165) is 21.2 Å². The standard InChI is InChI=1S/C30H35BrN2O4/c1-30(2,3)23-14-15-27(25(31)18-23)37-20-28(34)33(19-22-12-9-13-24(16-22)36-5)26(29(35)32-4)17-21-10-7-6-8-11-21/h6-16,18,26H,17,19-20H2,1-5H3,(H,32,35). The summed E-state index contributed by atoms with van der Waals surface area (Å²) >= 11 is 3.58. The zero-order chi connectivity index (χ0) is 27.0. The molecule has 3 aromatic carbocycles. The van der Waals surface area contributed by atoms with E-state index in [1.807, 2.05) is 72.8 Å². The van der Waals surface area contributed by atoms with Crippen LogP contribution in [0.5, 0.6) is 11.5 Å². The number of rotatable bonds is 10. The Bertz CT molecular complexity index is 1210. The summed E-state index contributed by atoms with van der Waals surface area (Å²) in [7, 11) is 3.18. The fourth-order valence-electron chi connectivity index (χ4n) is 3.99. The number of methoxy groups -OCH3 is 1. The molecule has 0 heterocycles. The van der Waals surface area contributed by atoms with Gasteiger partial charge in [-0.15, -0.1) is 0 Å². The van der Waals surface area contributed by atoms with Crippen molar-refractivity contribution < 1.29 is 19.1 Å². The number of hydrogen-bond donors (Lipinski definition) is 1. The van der Waals surface area contributed by atoms with Gasteiger partial charge in [-0.25, -0.2) is 0 Å². The number of amides is 2. The summed E-state index contributed by atoms with van der Waals surface area (Å²) in [5.74, 6) is 0.723. The van der Waals surface area contributed by atoms with Crippen LogP contribution in [-0.4, -0.2) is 43.5 Å². The molecule has 1 unspecified atom stereocenters. The Morgan fingerprint density at radius 1 is 0.973 bits per heavy atom. The van der Waals surface area contributed by atoms with Gasteiger partial charge in [-0.05, 0) is 62.3 Å². The van der Waals surface area contributed by atoms with Gasteiger partial charge in [0.05, 0.1) is 11.6 Å². The highest BCUT2D eigenvalue weighted by atomic mass is 79.9. The highest BCUT2D eigenvalue weighted by Crippen LogP contribution is 2.31. The van der Waals surface area contributed by atoms with E-state index in [0.29, 0.717) is 17.9 Å². The van der Waals surface area contributed by atoms with Crippen molar-refractivity contribution in [2.75, 3.05) is 20.8 Å². The molecule has 0 fully saturated rings. The predicted octanol–water partition coefficient (Wildman–Crippen LogP) is 5.52. The first-order valence-corrected chi connectivity index (χ1v) is 13.0. The van der Waals surface area contributed by atoms with E-state index in [-0.39, 0.29) is 30.4 Å². The Morgan fingerprint density at radius 3 is 2.30 bits per heavy atom. The van der Waals surface area contributed by atoms with E-state index in [1.54, 1.807) is 19.1 Å². The van der Waals surface area contributed by atoms with Gasteiger partial charge in [-0.1, -0.05) is 69.3 Å². The van der Waals surface area contributed by atoms with Crippen molar-refractivity contribution in [1.29, 1.82) is 0 Å². The summed E-state index contributed by atoms with van der Waals surface area (Å²) in [6.45, 7) is 6.44. The van der Waals surface area contributed by atoms with E-state index >= 15 is 0 Å². The molecule has 0 saturated carbocycles. The Labute approximate surface area is 228 Å². The monoisotopic (exact) mass is 566 g/mol. The summed E-state index contributed by atoms with van der Waals surface area (Å²) in [6, 6.07) is 22.3. The molecule has 0 aromatic heterocycles. The number of nitrogens with one attached hydrogen (secondary N) is 1. The van der Waals surface area contributed by atoms with Gasteiger partial charge in [0.15, 0.2) is 6.61 Å². The summed E-state index contributed by atoms with van der Waals surface area (Å²) < 4.78 is 12.1. The Morgan fingerprint density at radius 2 is 1.68 bits per heavy atom. The molecule has 37 heavy (non-hydrogen) atoms. The molecule has 1 atom stereocenters. The van der Waals surface area contributed by atoms with Crippen molar-refractivity contribution in [1.82, 2.24) is 10.2 Å². The Hall–Kier alpha value is -3.32. The topological polar surface area (TPSA) is 67.9 Å². The first-order chi connectivity index (χ1) is 17.6. The van der Waals surface area contributed by atoms with E-state index in [9.17, 15) is 9.59 Å². The zero-order valence-electron chi connectivity index (χ0n) is 22.1. The lowest BCUT2D eigenvalue weighted by molar-refractivity contribution is -0.142. The van der Waals surface area contributed by atoms with Gasteiger partial charge in [-0.2, -0.15) is 0 Å². The maximum absolute atomic E-state index is 13.6. The van der Waals surface area contributed by atoms with E-state index < -0.39 is 6.04 Å². The first-order valence-electron chi connectivity index (χ1n) is 12.2. The number of likely N-dealkylation sites (N-methyl/N-ethyl adjacent to an activating group) is 1. The third-order valence-corrected chi connectivity index (χ3v) is 6.77. The van der Waals surface area contributed by atoms with E-state index in [4.69, 9.17) is 9.47 Å². The fraction of sp³-hybridized carbons (Fsp3) is 0.333. The van der Waals surface area contributed by atoms with E-state index in [2.05, 4.69) is 42.0 Å². The van der Waals surface area contributed by atoms with Gasteiger partial charge < -0.3 is 19.7 Å². The lowest BCUT2D eigenvalue weighted by atomic mass is 9.87. The van der Waals surface area contributed by atoms with Gasteiger partial charge in [0, 0.05) is 20.0 Å². The smallest absolute Gasteiger partial charge is 0.261 e. The van der Waals surface area contributed by atoms with Crippen LogP contribution in [-0.2, 0) is 28.0 Å². The SMILES string of the molecule is CNC(=O)C(Cc1ccccc1)N(Cc1cccc(OC)c1)C(=O)COc1ccc(C(C)(C)C)cc1Br. The second kappa shape index (κ2) is 12.8. The maximum atomic E-state index is 13.6.